The number of nitro benzene ring substituents is 1. The first kappa shape index (κ1) is 21.4. The number of carbonyl (C=O) groups is 1. The van der Waals surface area contributed by atoms with Crippen LogP contribution in [-0.2, 0) is 4.74 Å². The third-order valence-electron chi connectivity index (χ3n) is 4.10. The van der Waals surface area contributed by atoms with Crippen molar-refractivity contribution in [1.29, 1.82) is 0 Å². The van der Waals surface area contributed by atoms with Crippen LogP contribution in [0.15, 0.2) is 65.0 Å². The first-order valence-corrected chi connectivity index (χ1v) is 10.3. The third-order valence-corrected chi connectivity index (χ3v) is 5.32. The van der Waals surface area contributed by atoms with E-state index < -0.39 is 10.9 Å². The molecule has 0 fully saturated rings. The zero-order valence-electron chi connectivity index (χ0n) is 15.9. The van der Waals surface area contributed by atoms with Gasteiger partial charge >= 0.3 is 5.97 Å². The SMILES string of the molecule is CCOC(=O)c1c(-c2ccccc2Cl)csc1N=C/C=C/c1ccccc1[N+](=O)[O-]. The van der Waals surface area contributed by atoms with Crippen molar-refractivity contribution < 1.29 is 14.5 Å². The summed E-state index contributed by atoms with van der Waals surface area (Å²) >= 11 is 7.59. The topological polar surface area (TPSA) is 81.8 Å². The maximum atomic E-state index is 12.6. The van der Waals surface area contributed by atoms with Crippen molar-refractivity contribution in [1.82, 2.24) is 0 Å². The van der Waals surface area contributed by atoms with Crippen LogP contribution in [0.25, 0.3) is 17.2 Å². The van der Waals surface area contributed by atoms with Crippen molar-refractivity contribution in [3.05, 3.63) is 86.3 Å². The number of allylic oxidation sites excluding steroid dienone is 1. The molecule has 0 aliphatic rings. The fourth-order valence-electron chi connectivity index (χ4n) is 2.77. The van der Waals surface area contributed by atoms with E-state index in [9.17, 15) is 14.9 Å². The number of aliphatic imine (C=N–C) groups is 1. The second kappa shape index (κ2) is 9.96. The number of nitro groups is 1. The molecule has 0 atom stereocenters. The predicted octanol–water partition coefficient (Wildman–Crippen LogP) is 6.57. The molecule has 3 aromatic rings. The Balaban J connectivity index is 1.94. The molecule has 0 bridgehead atoms. The van der Waals surface area contributed by atoms with Gasteiger partial charge in [-0.05, 0) is 31.2 Å². The number of rotatable bonds is 7. The van der Waals surface area contributed by atoms with E-state index in [-0.39, 0.29) is 12.3 Å². The van der Waals surface area contributed by atoms with Crippen LogP contribution < -0.4 is 0 Å². The molecule has 0 saturated carbocycles. The van der Waals surface area contributed by atoms with E-state index in [0.29, 0.717) is 26.7 Å². The maximum absolute atomic E-state index is 12.6. The molecule has 0 unspecified atom stereocenters. The Kier molecular flexibility index (Phi) is 7.11. The second-order valence-electron chi connectivity index (χ2n) is 5.98. The Hall–Kier alpha value is -3.29. The molecule has 0 spiro atoms. The average Bonchev–Trinajstić information content (AvgIpc) is 3.15. The number of nitrogens with zero attached hydrogens (tertiary/aromatic N) is 2. The summed E-state index contributed by atoms with van der Waals surface area (Å²) in [5.41, 5.74) is 2.17. The van der Waals surface area contributed by atoms with Gasteiger partial charge in [0.15, 0.2) is 0 Å². The van der Waals surface area contributed by atoms with Crippen LogP contribution in [0.5, 0.6) is 0 Å². The fraction of sp³-hybridized carbons (Fsp3) is 0.0909. The number of benzene rings is 2. The van der Waals surface area contributed by atoms with Crippen molar-refractivity contribution in [2.24, 2.45) is 4.99 Å². The normalized spacial score (nSPS) is 11.3. The van der Waals surface area contributed by atoms with Crippen LogP contribution in [0, 0.1) is 10.1 Å². The summed E-state index contributed by atoms with van der Waals surface area (Å²) in [6.07, 6.45) is 4.67. The van der Waals surface area contributed by atoms with E-state index in [0.717, 1.165) is 5.56 Å². The largest absolute Gasteiger partial charge is 0.462 e. The number of esters is 1. The first-order valence-electron chi connectivity index (χ1n) is 9.00. The van der Waals surface area contributed by atoms with Gasteiger partial charge in [-0.1, -0.05) is 41.9 Å². The number of para-hydroxylation sites is 1. The van der Waals surface area contributed by atoms with Gasteiger partial charge in [-0.3, -0.25) is 10.1 Å². The van der Waals surface area contributed by atoms with Gasteiger partial charge in [0.1, 0.15) is 10.6 Å². The lowest BCUT2D eigenvalue weighted by atomic mass is 10.0. The Labute approximate surface area is 182 Å². The molecule has 0 saturated heterocycles. The number of carbonyl (C=O) groups excluding carboxylic acids is 1. The second-order valence-corrected chi connectivity index (χ2v) is 7.25. The van der Waals surface area contributed by atoms with E-state index >= 15 is 0 Å². The molecule has 30 heavy (non-hydrogen) atoms. The van der Waals surface area contributed by atoms with Gasteiger partial charge in [0.2, 0.25) is 0 Å². The highest BCUT2D eigenvalue weighted by Gasteiger charge is 2.22. The Bertz CT molecular complexity index is 1140. The number of halogens is 1. The molecule has 3 rings (SSSR count). The molecule has 0 aliphatic carbocycles. The Morgan fingerprint density at radius 1 is 1.20 bits per heavy atom. The molecule has 0 N–H and O–H groups in total. The molecule has 1 heterocycles. The van der Waals surface area contributed by atoms with E-state index in [1.54, 1.807) is 43.3 Å². The number of ether oxygens (including phenoxy) is 1. The van der Waals surface area contributed by atoms with Crippen LogP contribution in [0.4, 0.5) is 10.7 Å². The predicted molar refractivity (Wildman–Crippen MR) is 121 cm³/mol. The summed E-state index contributed by atoms with van der Waals surface area (Å²) in [4.78, 5) is 27.6. The fourth-order valence-corrected chi connectivity index (χ4v) is 3.92. The molecule has 0 radical (unpaired) electrons. The number of hydrogen-bond acceptors (Lipinski definition) is 6. The van der Waals surface area contributed by atoms with Gasteiger partial charge in [0.05, 0.1) is 17.1 Å². The van der Waals surface area contributed by atoms with E-state index in [2.05, 4.69) is 4.99 Å². The highest BCUT2D eigenvalue weighted by molar-refractivity contribution is 7.14. The standard InChI is InChI=1S/C22H17ClN2O4S/c1-2-29-22(26)20-17(16-10-4-5-11-18(16)23)14-30-21(20)24-13-7-9-15-8-3-6-12-19(15)25(27)28/h3-14H,2H2,1H3/b9-7+,24-13?. The van der Waals surface area contributed by atoms with Crippen molar-refractivity contribution in [3.63, 3.8) is 0 Å². The summed E-state index contributed by atoms with van der Waals surface area (Å²) < 4.78 is 5.20. The van der Waals surface area contributed by atoms with Crippen molar-refractivity contribution in [2.75, 3.05) is 6.61 Å². The highest BCUT2D eigenvalue weighted by atomic mass is 35.5. The first-order chi connectivity index (χ1) is 14.5. The molecule has 152 valence electrons. The molecule has 2 aromatic carbocycles. The molecule has 0 aliphatic heterocycles. The summed E-state index contributed by atoms with van der Waals surface area (Å²) in [6.45, 7) is 1.97. The van der Waals surface area contributed by atoms with E-state index in [1.807, 2.05) is 23.6 Å². The van der Waals surface area contributed by atoms with Crippen molar-refractivity contribution in [3.8, 4) is 11.1 Å². The van der Waals surface area contributed by atoms with Gasteiger partial charge in [0, 0.05) is 33.8 Å². The molecule has 8 heteroatoms. The van der Waals surface area contributed by atoms with Crippen molar-refractivity contribution in [2.45, 2.75) is 6.92 Å². The lowest BCUT2D eigenvalue weighted by Gasteiger charge is -2.07. The summed E-state index contributed by atoms with van der Waals surface area (Å²) in [6, 6.07) is 13.6. The van der Waals surface area contributed by atoms with Gasteiger partial charge in [0.25, 0.3) is 5.69 Å². The zero-order valence-corrected chi connectivity index (χ0v) is 17.5. The lowest BCUT2D eigenvalue weighted by molar-refractivity contribution is -0.385. The molecular formula is C22H17ClN2O4S. The van der Waals surface area contributed by atoms with Gasteiger partial charge in [-0.2, -0.15) is 0 Å². The summed E-state index contributed by atoms with van der Waals surface area (Å²) in [7, 11) is 0. The molecular weight excluding hydrogens is 424 g/mol. The Morgan fingerprint density at radius 3 is 2.67 bits per heavy atom. The van der Waals surface area contributed by atoms with E-state index in [1.165, 1.54) is 23.6 Å². The van der Waals surface area contributed by atoms with Gasteiger partial charge in [-0.25, -0.2) is 9.79 Å². The Morgan fingerprint density at radius 2 is 1.93 bits per heavy atom. The molecule has 1 aromatic heterocycles. The van der Waals surface area contributed by atoms with Crippen LogP contribution in [-0.4, -0.2) is 23.7 Å². The highest BCUT2D eigenvalue weighted by Crippen LogP contribution is 2.40. The minimum atomic E-state index is -0.483. The molecule has 0 amide bonds. The lowest BCUT2D eigenvalue weighted by Crippen LogP contribution is -2.05. The zero-order chi connectivity index (χ0) is 21.5. The van der Waals surface area contributed by atoms with Gasteiger partial charge in [-0.15, -0.1) is 11.3 Å². The maximum Gasteiger partial charge on any atom is 0.341 e. The van der Waals surface area contributed by atoms with Crippen LogP contribution in [0.3, 0.4) is 0 Å². The van der Waals surface area contributed by atoms with Crippen LogP contribution >= 0.6 is 22.9 Å². The average molecular weight is 441 g/mol. The van der Waals surface area contributed by atoms with E-state index in [4.69, 9.17) is 16.3 Å². The summed E-state index contributed by atoms with van der Waals surface area (Å²) in [5, 5.41) is 13.9. The number of hydrogen-bond donors (Lipinski definition) is 0. The van der Waals surface area contributed by atoms with Crippen LogP contribution in [0.2, 0.25) is 5.02 Å². The smallest absolute Gasteiger partial charge is 0.341 e. The monoisotopic (exact) mass is 440 g/mol. The summed E-state index contributed by atoms with van der Waals surface area (Å²) in [5.74, 6) is -0.483. The number of thiophene rings is 1. The minimum Gasteiger partial charge on any atom is -0.462 e. The van der Waals surface area contributed by atoms with Crippen LogP contribution in [0.1, 0.15) is 22.8 Å². The third kappa shape index (κ3) is 4.82. The quantitative estimate of drug-likeness (QED) is 0.180. The van der Waals surface area contributed by atoms with Crippen molar-refractivity contribution >= 4 is 51.9 Å². The van der Waals surface area contributed by atoms with Gasteiger partial charge < -0.3 is 4.74 Å². The molecule has 6 nitrogen and oxygen atoms in total. The minimum absolute atomic E-state index is 0.00601.